The molecular formula is C7H11BN2O4. The van der Waals surface area contributed by atoms with Gasteiger partial charge in [-0.15, -0.1) is 0 Å². The fourth-order valence-corrected chi connectivity index (χ4v) is 1.10. The van der Waals surface area contributed by atoms with Gasteiger partial charge in [0.1, 0.15) is 6.04 Å². The van der Waals surface area contributed by atoms with Crippen LogP contribution in [0.25, 0.3) is 0 Å². The van der Waals surface area contributed by atoms with E-state index in [1.165, 1.54) is 6.08 Å². The number of hydrogen-bond acceptors (Lipinski definition) is 5. The molecule has 0 aromatic heterocycles. The normalized spacial score (nSPS) is 17.9. The maximum absolute atomic E-state index is 10.4. The Morgan fingerprint density at radius 2 is 2.29 bits per heavy atom. The lowest BCUT2D eigenvalue weighted by Crippen LogP contribution is -2.34. The van der Waals surface area contributed by atoms with Gasteiger partial charge < -0.3 is 26.3 Å². The standard InChI is InChI=1S/C7H11BN2O4/c9-4(7(13)14)1-3-2-5(11)6(12)10-8-3/h2,4,8,10-12H,1,9H2,(H,13,14). The number of aliphatic hydroxyl groups excluding tert-OH is 2. The third kappa shape index (κ3) is 2.43. The second-order valence-electron chi connectivity index (χ2n) is 3.04. The van der Waals surface area contributed by atoms with Crippen LogP contribution in [-0.2, 0) is 4.79 Å². The van der Waals surface area contributed by atoms with Crippen LogP contribution in [0.4, 0.5) is 0 Å². The summed E-state index contributed by atoms with van der Waals surface area (Å²) in [5.41, 5.74) is 5.93. The molecule has 0 fully saturated rings. The molecule has 0 aliphatic carbocycles. The van der Waals surface area contributed by atoms with Gasteiger partial charge in [-0.2, -0.15) is 0 Å². The number of nitrogens with one attached hydrogen (secondary N) is 1. The Kier molecular flexibility index (Phi) is 3.03. The SMILES string of the molecule is NC(CC1=CC(O)=C(O)NB1)C(=O)O. The van der Waals surface area contributed by atoms with E-state index < -0.39 is 12.0 Å². The molecule has 7 heteroatoms. The lowest BCUT2D eigenvalue weighted by molar-refractivity contribution is -0.138. The first-order valence-corrected chi connectivity index (χ1v) is 4.04. The Hall–Kier alpha value is -1.63. The van der Waals surface area contributed by atoms with E-state index in [0.717, 1.165) is 0 Å². The van der Waals surface area contributed by atoms with Crippen molar-refractivity contribution in [2.45, 2.75) is 12.5 Å². The van der Waals surface area contributed by atoms with E-state index in [-0.39, 0.29) is 25.5 Å². The second kappa shape index (κ2) is 4.06. The van der Waals surface area contributed by atoms with E-state index in [2.05, 4.69) is 5.23 Å². The molecule has 6 nitrogen and oxygen atoms in total. The first-order chi connectivity index (χ1) is 6.50. The summed E-state index contributed by atoms with van der Waals surface area (Å²) in [7, 11) is 0.289. The van der Waals surface area contributed by atoms with Crippen molar-refractivity contribution in [3.8, 4) is 0 Å². The van der Waals surface area contributed by atoms with Crippen LogP contribution < -0.4 is 11.0 Å². The molecule has 14 heavy (non-hydrogen) atoms. The number of nitrogens with two attached hydrogens (primary N) is 1. The van der Waals surface area contributed by atoms with Crippen molar-refractivity contribution in [3.05, 3.63) is 23.2 Å². The summed E-state index contributed by atoms with van der Waals surface area (Å²) in [5.74, 6) is -1.70. The van der Waals surface area contributed by atoms with Gasteiger partial charge in [-0.1, -0.05) is 5.47 Å². The zero-order chi connectivity index (χ0) is 10.7. The molecule has 0 spiro atoms. The summed E-state index contributed by atoms with van der Waals surface area (Å²) in [6, 6.07) is -0.990. The molecule has 0 radical (unpaired) electrons. The number of carboxylic acids is 1. The highest BCUT2D eigenvalue weighted by atomic mass is 16.4. The van der Waals surface area contributed by atoms with Gasteiger partial charge in [-0.05, 0) is 12.5 Å². The molecule has 1 aliphatic rings. The molecule has 0 saturated heterocycles. The highest BCUT2D eigenvalue weighted by Crippen LogP contribution is 2.11. The minimum Gasteiger partial charge on any atom is -0.503 e. The highest BCUT2D eigenvalue weighted by molar-refractivity contribution is 6.43. The van der Waals surface area contributed by atoms with Gasteiger partial charge in [0.25, 0.3) is 7.41 Å². The van der Waals surface area contributed by atoms with Crippen LogP contribution in [0.2, 0.25) is 0 Å². The lowest BCUT2D eigenvalue weighted by Gasteiger charge is -2.15. The fourth-order valence-electron chi connectivity index (χ4n) is 1.10. The zero-order valence-corrected chi connectivity index (χ0v) is 7.40. The Labute approximate surface area is 81.0 Å². The largest absolute Gasteiger partial charge is 0.503 e. The average Bonchev–Trinajstić information content (AvgIpc) is 2.11. The van der Waals surface area contributed by atoms with E-state index >= 15 is 0 Å². The van der Waals surface area contributed by atoms with E-state index in [9.17, 15) is 4.79 Å². The van der Waals surface area contributed by atoms with Crippen LogP contribution in [0.15, 0.2) is 23.2 Å². The summed E-state index contributed by atoms with van der Waals surface area (Å²) >= 11 is 0. The minimum absolute atomic E-state index is 0.139. The number of carbonyl (C=O) groups is 1. The monoisotopic (exact) mass is 198 g/mol. The fraction of sp³-hybridized carbons (Fsp3) is 0.286. The zero-order valence-electron chi connectivity index (χ0n) is 7.40. The summed E-state index contributed by atoms with van der Waals surface area (Å²) in [5, 5.41) is 29.1. The highest BCUT2D eigenvalue weighted by Gasteiger charge is 2.18. The van der Waals surface area contributed by atoms with Crippen LogP contribution in [-0.4, -0.2) is 34.7 Å². The molecule has 1 atom stereocenters. The maximum atomic E-state index is 10.4. The number of aliphatic carboxylic acids is 1. The molecule has 0 aromatic rings. The van der Waals surface area contributed by atoms with Crippen molar-refractivity contribution in [2.24, 2.45) is 5.73 Å². The minimum atomic E-state index is -1.09. The van der Waals surface area contributed by atoms with E-state index in [0.29, 0.717) is 5.47 Å². The number of carboxylic acid groups (broad SMARTS) is 1. The Morgan fingerprint density at radius 3 is 2.79 bits per heavy atom. The molecule has 6 N–H and O–H groups in total. The third-order valence-electron chi connectivity index (χ3n) is 1.87. The molecular weight excluding hydrogens is 187 g/mol. The second-order valence-corrected chi connectivity index (χ2v) is 3.04. The van der Waals surface area contributed by atoms with Gasteiger partial charge in [-0.3, -0.25) is 4.79 Å². The number of hydrogen-bond donors (Lipinski definition) is 5. The molecule has 1 heterocycles. The Balaban J connectivity index is 2.64. The number of rotatable bonds is 3. The van der Waals surface area contributed by atoms with Crippen LogP contribution in [0.1, 0.15) is 6.42 Å². The van der Waals surface area contributed by atoms with Gasteiger partial charge >= 0.3 is 5.97 Å². The van der Waals surface area contributed by atoms with Gasteiger partial charge in [0.15, 0.2) is 5.76 Å². The summed E-state index contributed by atoms with van der Waals surface area (Å²) in [6.45, 7) is 0. The summed E-state index contributed by atoms with van der Waals surface area (Å²) < 4.78 is 0. The lowest BCUT2D eigenvalue weighted by atomic mass is 9.76. The van der Waals surface area contributed by atoms with Gasteiger partial charge in [-0.25, -0.2) is 0 Å². The molecule has 1 aliphatic heterocycles. The van der Waals surface area contributed by atoms with Gasteiger partial charge in [0, 0.05) is 0 Å². The van der Waals surface area contributed by atoms with Gasteiger partial charge in [0.05, 0.1) is 0 Å². The van der Waals surface area contributed by atoms with E-state index in [1.54, 1.807) is 0 Å². The van der Waals surface area contributed by atoms with Crippen LogP contribution in [0.3, 0.4) is 0 Å². The molecule has 0 amide bonds. The average molecular weight is 198 g/mol. The first-order valence-electron chi connectivity index (χ1n) is 4.04. The molecule has 0 saturated carbocycles. The van der Waals surface area contributed by atoms with Crippen molar-refractivity contribution in [1.82, 2.24) is 5.23 Å². The van der Waals surface area contributed by atoms with Crippen molar-refractivity contribution in [3.63, 3.8) is 0 Å². The number of allylic oxidation sites excluding steroid dienone is 1. The molecule has 0 aromatic carbocycles. The van der Waals surface area contributed by atoms with Crippen LogP contribution >= 0.6 is 0 Å². The van der Waals surface area contributed by atoms with Crippen LogP contribution in [0, 0.1) is 0 Å². The third-order valence-corrected chi connectivity index (χ3v) is 1.87. The van der Waals surface area contributed by atoms with Crippen molar-refractivity contribution >= 4 is 13.4 Å². The van der Waals surface area contributed by atoms with Crippen molar-refractivity contribution < 1.29 is 20.1 Å². The molecule has 76 valence electrons. The summed E-state index contributed by atoms with van der Waals surface area (Å²) in [6.07, 6.45) is 1.45. The van der Waals surface area contributed by atoms with Crippen LogP contribution in [0.5, 0.6) is 0 Å². The molecule has 1 unspecified atom stereocenters. The summed E-state index contributed by atoms with van der Waals surface area (Å²) in [4.78, 5) is 10.4. The quantitative estimate of drug-likeness (QED) is 0.368. The van der Waals surface area contributed by atoms with E-state index in [1.807, 2.05) is 0 Å². The van der Waals surface area contributed by atoms with Crippen molar-refractivity contribution in [1.29, 1.82) is 0 Å². The predicted molar refractivity (Wildman–Crippen MR) is 50.9 cm³/mol. The van der Waals surface area contributed by atoms with Crippen molar-refractivity contribution in [2.75, 3.05) is 0 Å². The van der Waals surface area contributed by atoms with E-state index in [4.69, 9.17) is 21.1 Å². The number of aliphatic hydroxyl groups is 2. The Morgan fingerprint density at radius 1 is 1.64 bits per heavy atom. The topological polar surface area (TPSA) is 116 Å². The van der Waals surface area contributed by atoms with Gasteiger partial charge in [0.2, 0.25) is 5.88 Å². The molecule has 1 rings (SSSR count). The molecule has 0 bridgehead atoms. The maximum Gasteiger partial charge on any atom is 0.320 e. The Bertz CT molecular complexity index is 313. The predicted octanol–water partition coefficient (Wildman–Crippen LogP) is -1.09. The smallest absolute Gasteiger partial charge is 0.320 e. The first kappa shape index (κ1) is 10.5.